The van der Waals surface area contributed by atoms with Gasteiger partial charge in [0.05, 0.1) is 13.2 Å². The molecule has 5 nitrogen and oxygen atoms in total. The Morgan fingerprint density at radius 3 is 2.63 bits per heavy atom. The summed E-state index contributed by atoms with van der Waals surface area (Å²) in [4.78, 5) is 11.6. The Morgan fingerprint density at radius 1 is 1.42 bits per heavy atom. The van der Waals surface area contributed by atoms with Crippen LogP contribution in [0.15, 0.2) is 24.3 Å². The predicted molar refractivity (Wildman–Crippen MR) is 70.7 cm³/mol. The maximum Gasteiger partial charge on any atom is 0.408 e. The zero-order valence-corrected chi connectivity index (χ0v) is 11.6. The molecular weight excluding hydrogens is 244 g/mol. The molecule has 0 aliphatic rings. The van der Waals surface area contributed by atoms with Crippen LogP contribution < -0.4 is 10.1 Å². The van der Waals surface area contributed by atoms with Crippen molar-refractivity contribution in [3.05, 3.63) is 29.8 Å². The third-order valence-corrected chi connectivity index (χ3v) is 2.22. The molecule has 1 aromatic rings. The number of hydrogen-bond acceptors (Lipinski definition) is 4. The Morgan fingerprint density at radius 2 is 2.11 bits per heavy atom. The smallest absolute Gasteiger partial charge is 0.408 e. The van der Waals surface area contributed by atoms with Gasteiger partial charge in [0.15, 0.2) is 0 Å². The van der Waals surface area contributed by atoms with E-state index >= 15 is 0 Å². The van der Waals surface area contributed by atoms with Crippen LogP contribution in [-0.2, 0) is 4.74 Å². The van der Waals surface area contributed by atoms with E-state index in [-0.39, 0.29) is 0 Å². The highest BCUT2D eigenvalue weighted by atomic mass is 16.6. The molecule has 0 bridgehead atoms. The van der Waals surface area contributed by atoms with E-state index in [9.17, 15) is 4.79 Å². The molecule has 0 unspecified atom stereocenters. The van der Waals surface area contributed by atoms with Crippen molar-refractivity contribution >= 4 is 6.09 Å². The lowest BCUT2D eigenvalue weighted by atomic mass is 10.1. The third kappa shape index (κ3) is 4.88. The van der Waals surface area contributed by atoms with Gasteiger partial charge in [-0.25, -0.2) is 4.79 Å². The van der Waals surface area contributed by atoms with Crippen LogP contribution in [0.1, 0.15) is 32.4 Å². The van der Waals surface area contributed by atoms with Crippen LogP contribution in [0.25, 0.3) is 0 Å². The fourth-order valence-corrected chi connectivity index (χ4v) is 1.44. The van der Waals surface area contributed by atoms with E-state index in [4.69, 9.17) is 14.7 Å². The number of nitrogens with zero attached hydrogens (tertiary/aromatic N) is 1. The van der Waals surface area contributed by atoms with E-state index < -0.39 is 17.7 Å². The van der Waals surface area contributed by atoms with E-state index in [2.05, 4.69) is 5.32 Å². The van der Waals surface area contributed by atoms with Crippen molar-refractivity contribution in [1.29, 1.82) is 5.26 Å². The van der Waals surface area contributed by atoms with Gasteiger partial charge >= 0.3 is 6.09 Å². The molecule has 1 rings (SSSR count). The number of amides is 1. The molecule has 0 aromatic heterocycles. The lowest BCUT2D eigenvalue weighted by Gasteiger charge is -2.21. The van der Waals surface area contributed by atoms with Gasteiger partial charge in [-0.15, -0.1) is 0 Å². The van der Waals surface area contributed by atoms with Crippen LogP contribution in [0.5, 0.6) is 5.75 Å². The average Bonchev–Trinajstić information content (AvgIpc) is 2.34. The van der Waals surface area contributed by atoms with Crippen LogP contribution in [-0.4, -0.2) is 18.8 Å². The standard InChI is InChI=1S/C14H18N2O3/c1-14(2,3)19-13(17)16-12(9-15)10-6-5-7-11(8-10)18-4/h5-8,12H,1-4H3,(H,16,17)/t12-/m0/s1. The first kappa shape index (κ1) is 14.8. The number of nitriles is 1. The second kappa shape index (κ2) is 6.10. The minimum absolute atomic E-state index is 0.599. The van der Waals surface area contributed by atoms with Gasteiger partial charge in [-0.3, -0.25) is 0 Å². The molecule has 0 fully saturated rings. The molecule has 0 aliphatic carbocycles. The second-order valence-electron chi connectivity index (χ2n) is 4.98. The average molecular weight is 262 g/mol. The largest absolute Gasteiger partial charge is 0.497 e. The summed E-state index contributed by atoms with van der Waals surface area (Å²) < 4.78 is 10.2. The molecular formula is C14H18N2O3. The van der Waals surface area contributed by atoms with E-state index in [0.717, 1.165) is 0 Å². The lowest BCUT2D eigenvalue weighted by Crippen LogP contribution is -2.34. The number of methoxy groups -OCH3 is 1. The minimum atomic E-state index is -0.773. The maximum atomic E-state index is 11.6. The number of alkyl carbamates (subject to hydrolysis) is 1. The Balaban J connectivity index is 2.79. The number of carbonyl (C=O) groups excluding carboxylic acids is 1. The number of benzene rings is 1. The molecule has 1 N–H and O–H groups in total. The van der Waals surface area contributed by atoms with Gasteiger partial charge in [-0.2, -0.15) is 5.26 Å². The number of carbonyl (C=O) groups is 1. The van der Waals surface area contributed by atoms with Gasteiger partial charge in [-0.1, -0.05) is 12.1 Å². The molecule has 0 spiro atoms. The number of rotatable bonds is 3. The van der Waals surface area contributed by atoms with Gasteiger partial charge in [0, 0.05) is 0 Å². The molecule has 5 heteroatoms. The highest BCUT2D eigenvalue weighted by molar-refractivity contribution is 5.69. The van der Waals surface area contributed by atoms with Crippen LogP contribution >= 0.6 is 0 Å². The van der Waals surface area contributed by atoms with E-state index in [1.165, 1.54) is 0 Å². The molecule has 0 saturated heterocycles. The summed E-state index contributed by atoms with van der Waals surface area (Å²) in [5.74, 6) is 0.628. The first-order valence-corrected chi connectivity index (χ1v) is 5.89. The summed E-state index contributed by atoms with van der Waals surface area (Å²) >= 11 is 0. The molecule has 19 heavy (non-hydrogen) atoms. The molecule has 0 aliphatic heterocycles. The van der Waals surface area contributed by atoms with E-state index in [1.54, 1.807) is 52.1 Å². The maximum absolute atomic E-state index is 11.6. The second-order valence-corrected chi connectivity index (χ2v) is 4.98. The molecule has 1 atom stereocenters. The third-order valence-electron chi connectivity index (χ3n) is 2.22. The van der Waals surface area contributed by atoms with Crippen molar-refractivity contribution in [3.8, 4) is 11.8 Å². The van der Waals surface area contributed by atoms with Crippen molar-refractivity contribution < 1.29 is 14.3 Å². The fourth-order valence-electron chi connectivity index (χ4n) is 1.44. The van der Waals surface area contributed by atoms with Gasteiger partial charge in [0.1, 0.15) is 17.4 Å². The summed E-state index contributed by atoms with van der Waals surface area (Å²) in [6, 6.07) is 8.22. The van der Waals surface area contributed by atoms with E-state index in [1.807, 2.05) is 6.07 Å². The van der Waals surface area contributed by atoms with Crippen molar-refractivity contribution in [2.24, 2.45) is 0 Å². The zero-order valence-electron chi connectivity index (χ0n) is 11.6. The van der Waals surface area contributed by atoms with Crippen molar-refractivity contribution in [3.63, 3.8) is 0 Å². The number of ether oxygens (including phenoxy) is 2. The highest BCUT2D eigenvalue weighted by Crippen LogP contribution is 2.19. The normalized spacial score (nSPS) is 12.2. The monoisotopic (exact) mass is 262 g/mol. The summed E-state index contributed by atoms with van der Waals surface area (Å²) in [5, 5.41) is 11.6. The summed E-state index contributed by atoms with van der Waals surface area (Å²) in [6.07, 6.45) is -0.623. The fraction of sp³-hybridized carbons (Fsp3) is 0.429. The predicted octanol–water partition coefficient (Wildman–Crippen LogP) is 2.78. The first-order valence-electron chi connectivity index (χ1n) is 5.89. The van der Waals surface area contributed by atoms with Crippen molar-refractivity contribution in [1.82, 2.24) is 5.32 Å². The molecule has 0 saturated carbocycles. The van der Waals surface area contributed by atoms with Crippen LogP contribution in [0.4, 0.5) is 4.79 Å². The molecule has 0 radical (unpaired) electrons. The number of hydrogen-bond donors (Lipinski definition) is 1. The van der Waals surface area contributed by atoms with Crippen molar-refractivity contribution in [2.75, 3.05) is 7.11 Å². The van der Waals surface area contributed by atoms with Gasteiger partial charge < -0.3 is 14.8 Å². The van der Waals surface area contributed by atoms with Gasteiger partial charge in [-0.05, 0) is 38.5 Å². The Kier molecular flexibility index (Phi) is 4.76. The van der Waals surface area contributed by atoms with Crippen LogP contribution in [0.2, 0.25) is 0 Å². The summed E-state index contributed by atoms with van der Waals surface area (Å²) in [7, 11) is 1.54. The van der Waals surface area contributed by atoms with Crippen LogP contribution in [0.3, 0.4) is 0 Å². The molecule has 1 amide bonds. The quantitative estimate of drug-likeness (QED) is 0.909. The van der Waals surface area contributed by atoms with Gasteiger partial charge in [0.25, 0.3) is 0 Å². The topological polar surface area (TPSA) is 71.3 Å². The minimum Gasteiger partial charge on any atom is -0.497 e. The summed E-state index contributed by atoms with van der Waals surface area (Å²) in [6.45, 7) is 5.29. The SMILES string of the molecule is COc1cccc([C@H](C#N)NC(=O)OC(C)(C)C)c1. The molecule has 102 valence electrons. The Hall–Kier alpha value is -2.22. The van der Waals surface area contributed by atoms with E-state index in [0.29, 0.717) is 11.3 Å². The molecule has 0 heterocycles. The Bertz CT molecular complexity index is 486. The molecule has 1 aromatic carbocycles. The van der Waals surface area contributed by atoms with Gasteiger partial charge in [0.2, 0.25) is 0 Å². The van der Waals surface area contributed by atoms with Crippen molar-refractivity contribution in [2.45, 2.75) is 32.4 Å². The first-order chi connectivity index (χ1) is 8.85. The zero-order chi connectivity index (χ0) is 14.5. The number of nitrogens with one attached hydrogen (secondary N) is 1. The summed E-state index contributed by atoms with van der Waals surface area (Å²) in [5.41, 5.74) is 0.0473. The Labute approximate surface area is 113 Å². The van der Waals surface area contributed by atoms with Crippen LogP contribution in [0, 0.1) is 11.3 Å². The highest BCUT2D eigenvalue weighted by Gasteiger charge is 2.20. The lowest BCUT2D eigenvalue weighted by molar-refractivity contribution is 0.0515.